The van der Waals surface area contributed by atoms with E-state index in [9.17, 15) is 9.59 Å². The first kappa shape index (κ1) is 17.2. The first-order valence-corrected chi connectivity index (χ1v) is 7.03. The lowest BCUT2D eigenvalue weighted by Gasteiger charge is -2.23. The fourth-order valence-corrected chi connectivity index (χ4v) is 1.74. The Morgan fingerprint density at radius 2 is 1.90 bits per heavy atom. The summed E-state index contributed by atoms with van der Waals surface area (Å²) in [7, 11) is 0. The zero-order valence-electron chi connectivity index (χ0n) is 12.6. The number of ether oxygens (including phenoxy) is 1. The van der Waals surface area contributed by atoms with Gasteiger partial charge >= 0.3 is 5.97 Å². The molecule has 0 bridgehead atoms. The van der Waals surface area contributed by atoms with Crippen LogP contribution in [0.1, 0.15) is 32.3 Å². The van der Waals surface area contributed by atoms with E-state index in [1.165, 1.54) is 0 Å². The second kappa shape index (κ2) is 8.42. The number of carboxylic acid groups (broad SMARTS) is 1. The number of rotatable bonds is 9. The van der Waals surface area contributed by atoms with E-state index in [0.29, 0.717) is 26.2 Å². The molecule has 5 heteroatoms. The van der Waals surface area contributed by atoms with E-state index in [0.717, 1.165) is 5.56 Å². The molecule has 0 aliphatic rings. The van der Waals surface area contributed by atoms with Gasteiger partial charge in [-0.1, -0.05) is 30.3 Å². The maximum Gasteiger partial charge on any atom is 0.303 e. The number of nitrogens with one attached hydrogen (secondary N) is 1. The molecule has 0 saturated heterocycles. The standard InChI is InChI=1S/C16H23NO4/c1-16(2,15(20)17-10-6-9-14(18)19)12-21-11-13-7-4-3-5-8-13/h3-5,7-8H,6,9-12H2,1-2H3,(H,17,20)(H,18,19). The van der Waals surface area contributed by atoms with Gasteiger partial charge in [-0.3, -0.25) is 9.59 Å². The molecule has 5 nitrogen and oxygen atoms in total. The van der Waals surface area contributed by atoms with Gasteiger partial charge in [-0.15, -0.1) is 0 Å². The van der Waals surface area contributed by atoms with Crippen molar-refractivity contribution < 1.29 is 19.4 Å². The molecule has 1 aromatic carbocycles. The molecule has 0 atom stereocenters. The minimum Gasteiger partial charge on any atom is -0.481 e. The molecule has 1 amide bonds. The molecule has 21 heavy (non-hydrogen) atoms. The lowest BCUT2D eigenvalue weighted by atomic mass is 9.93. The van der Waals surface area contributed by atoms with E-state index in [-0.39, 0.29) is 12.3 Å². The Kier molecular flexibility index (Phi) is 6.88. The molecule has 0 saturated carbocycles. The van der Waals surface area contributed by atoms with Crippen LogP contribution in [-0.4, -0.2) is 30.1 Å². The van der Waals surface area contributed by atoms with Crippen LogP contribution < -0.4 is 5.32 Å². The Labute approximate surface area is 125 Å². The maximum atomic E-state index is 12.0. The Hall–Kier alpha value is -1.88. The van der Waals surface area contributed by atoms with Crippen molar-refractivity contribution in [2.24, 2.45) is 5.41 Å². The van der Waals surface area contributed by atoms with Gasteiger partial charge in [0.15, 0.2) is 0 Å². The summed E-state index contributed by atoms with van der Waals surface area (Å²) in [6, 6.07) is 9.77. The predicted molar refractivity (Wildman–Crippen MR) is 79.8 cm³/mol. The number of carboxylic acids is 1. The average molecular weight is 293 g/mol. The smallest absolute Gasteiger partial charge is 0.303 e. The molecule has 0 radical (unpaired) electrons. The molecule has 0 aliphatic heterocycles. The van der Waals surface area contributed by atoms with Crippen LogP contribution in [0.3, 0.4) is 0 Å². The van der Waals surface area contributed by atoms with Crippen LogP contribution >= 0.6 is 0 Å². The van der Waals surface area contributed by atoms with Crippen LogP contribution in [0.5, 0.6) is 0 Å². The average Bonchev–Trinajstić information content (AvgIpc) is 2.44. The topological polar surface area (TPSA) is 75.6 Å². The lowest BCUT2D eigenvalue weighted by Crippen LogP contribution is -2.40. The van der Waals surface area contributed by atoms with Crippen LogP contribution in [0.2, 0.25) is 0 Å². The van der Waals surface area contributed by atoms with Gasteiger partial charge in [0.2, 0.25) is 5.91 Å². The molecule has 2 N–H and O–H groups in total. The van der Waals surface area contributed by atoms with Crippen molar-refractivity contribution in [2.45, 2.75) is 33.3 Å². The SMILES string of the molecule is CC(C)(COCc1ccccc1)C(=O)NCCCC(=O)O. The van der Waals surface area contributed by atoms with Gasteiger partial charge in [-0.05, 0) is 25.8 Å². The minimum atomic E-state index is -0.852. The molecule has 0 aromatic heterocycles. The Morgan fingerprint density at radius 1 is 1.24 bits per heavy atom. The van der Waals surface area contributed by atoms with E-state index in [4.69, 9.17) is 9.84 Å². The van der Waals surface area contributed by atoms with Crippen LogP contribution in [0.25, 0.3) is 0 Å². The van der Waals surface area contributed by atoms with Crippen molar-refractivity contribution in [1.29, 1.82) is 0 Å². The third-order valence-electron chi connectivity index (χ3n) is 3.04. The summed E-state index contributed by atoms with van der Waals surface area (Å²) < 4.78 is 5.60. The summed E-state index contributed by atoms with van der Waals surface area (Å²) >= 11 is 0. The molecule has 0 heterocycles. The Bertz CT molecular complexity index is 457. The maximum absolute atomic E-state index is 12.0. The highest BCUT2D eigenvalue weighted by Gasteiger charge is 2.27. The minimum absolute atomic E-state index is 0.0607. The first-order chi connectivity index (χ1) is 9.92. The van der Waals surface area contributed by atoms with Crippen molar-refractivity contribution in [3.8, 4) is 0 Å². The van der Waals surface area contributed by atoms with Gasteiger partial charge in [0.1, 0.15) is 0 Å². The van der Waals surface area contributed by atoms with Crippen LogP contribution in [0.4, 0.5) is 0 Å². The number of aliphatic carboxylic acids is 1. The fourth-order valence-electron chi connectivity index (χ4n) is 1.74. The first-order valence-electron chi connectivity index (χ1n) is 7.03. The molecule has 1 aromatic rings. The molecule has 116 valence electrons. The molecule has 0 unspecified atom stereocenters. The third-order valence-corrected chi connectivity index (χ3v) is 3.04. The van der Waals surface area contributed by atoms with Crippen molar-refractivity contribution in [1.82, 2.24) is 5.32 Å². The summed E-state index contributed by atoms with van der Waals surface area (Å²) in [6.45, 7) is 4.77. The normalized spacial score (nSPS) is 11.1. The zero-order chi connectivity index (χ0) is 15.7. The Morgan fingerprint density at radius 3 is 2.52 bits per heavy atom. The van der Waals surface area contributed by atoms with Crippen LogP contribution in [0.15, 0.2) is 30.3 Å². The monoisotopic (exact) mass is 293 g/mol. The number of carbonyl (C=O) groups is 2. The molecule has 0 fully saturated rings. The molecule has 1 rings (SSSR count). The second-order valence-corrected chi connectivity index (χ2v) is 5.62. The lowest BCUT2D eigenvalue weighted by molar-refractivity contribution is -0.137. The largest absolute Gasteiger partial charge is 0.481 e. The predicted octanol–water partition coefficient (Wildman–Crippen LogP) is 2.21. The second-order valence-electron chi connectivity index (χ2n) is 5.62. The van der Waals surface area contributed by atoms with Crippen molar-refractivity contribution in [3.05, 3.63) is 35.9 Å². The highest BCUT2D eigenvalue weighted by Crippen LogP contribution is 2.16. The number of hydrogen-bond donors (Lipinski definition) is 2. The van der Waals surface area contributed by atoms with E-state index in [1.54, 1.807) is 0 Å². The number of benzene rings is 1. The van der Waals surface area contributed by atoms with Gasteiger partial charge in [-0.2, -0.15) is 0 Å². The highest BCUT2D eigenvalue weighted by atomic mass is 16.5. The summed E-state index contributed by atoms with van der Waals surface area (Å²) in [5.41, 5.74) is 0.424. The third kappa shape index (κ3) is 6.90. The van der Waals surface area contributed by atoms with Gasteiger partial charge in [-0.25, -0.2) is 0 Å². The number of amides is 1. The van der Waals surface area contributed by atoms with Crippen LogP contribution in [0, 0.1) is 5.41 Å². The van der Waals surface area contributed by atoms with E-state index >= 15 is 0 Å². The number of carbonyl (C=O) groups excluding carboxylic acids is 1. The molecule has 0 spiro atoms. The van der Waals surface area contributed by atoms with Crippen LogP contribution in [-0.2, 0) is 20.9 Å². The number of hydrogen-bond acceptors (Lipinski definition) is 3. The molecule has 0 aliphatic carbocycles. The van der Waals surface area contributed by atoms with Gasteiger partial charge in [0.05, 0.1) is 18.6 Å². The van der Waals surface area contributed by atoms with E-state index < -0.39 is 11.4 Å². The molecular formula is C16H23NO4. The molecular weight excluding hydrogens is 270 g/mol. The zero-order valence-corrected chi connectivity index (χ0v) is 12.6. The van der Waals surface area contributed by atoms with E-state index in [2.05, 4.69) is 5.32 Å². The Balaban J connectivity index is 2.28. The van der Waals surface area contributed by atoms with Crippen molar-refractivity contribution >= 4 is 11.9 Å². The highest BCUT2D eigenvalue weighted by molar-refractivity contribution is 5.81. The van der Waals surface area contributed by atoms with Crippen molar-refractivity contribution in [2.75, 3.05) is 13.2 Å². The van der Waals surface area contributed by atoms with Crippen molar-refractivity contribution in [3.63, 3.8) is 0 Å². The van der Waals surface area contributed by atoms with Gasteiger partial charge < -0.3 is 15.2 Å². The summed E-state index contributed by atoms with van der Waals surface area (Å²) in [5.74, 6) is -0.976. The van der Waals surface area contributed by atoms with Gasteiger partial charge in [0.25, 0.3) is 0 Å². The summed E-state index contributed by atoms with van der Waals surface area (Å²) in [5, 5.41) is 11.3. The van der Waals surface area contributed by atoms with Gasteiger partial charge in [0, 0.05) is 13.0 Å². The van der Waals surface area contributed by atoms with E-state index in [1.807, 2.05) is 44.2 Å². The quantitative estimate of drug-likeness (QED) is 0.684. The summed E-state index contributed by atoms with van der Waals surface area (Å²) in [6.07, 6.45) is 0.493. The fraction of sp³-hybridized carbons (Fsp3) is 0.500. The summed E-state index contributed by atoms with van der Waals surface area (Å²) in [4.78, 5) is 22.4.